The van der Waals surface area contributed by atoms with E-state index in [4.69, 9.17) is 17.2 Å². The molecule has 0 aliphatic rings. The van der Waals surface area contributed by atoms with E-state index >= 15 is 0 Å². The number of para-hydroxylation sites is 1. The largest absolute Gasteiger partial charge is 0.361 e. The Hall–Kier alpha value is -2.73. The molecule has 10 nitrogen and oxygen atoms in total. The van der Waals surface area contributed by atoms with E-state index in [0.29, 0.717) is 25.7 Å². The molecule has 3 amide bonds. The van der Waals surface area contributed by atoms with Crippen molar-refractivity contribution < 1.29 is 19.2 Å². The van der Waals surface area contributed by atoms with Crippen LogP contribution in [0.4, 0.5) is 0 Å². The highest BCUT2D eigenvalue weighted by atomic mass is 32.1. The number of benzene rings is 1. The van der Waals surface area contributed by atoms with Crippen molar-refractivity contribution in [2.24, 2.45) is 17.2 Å². The van der Waals surface area contributed by atoms with Crippen molar-refractivity contribution in [2.75, 3.05) is 12.3 Å². The number of hydrogen-bond acceptors (Lipinski definition) is 8. The quantitative estimate of drug-likeness (QED) is 0.121. The number of aldehydes is 1. The van der Waals surface area contributed by atoms with E-state index in [9.17, 15) is 19.2 Å². The van der Waals surface area contributed by atoms with E-state index in [0.717, 1.165) is 21.4 Å². The molecule has 1 heterocycles. The van der Waals surface area contributed by atoms with Gasteiger partial charge in [0.15, 0.2) is 0 Å². The Morgan fingerprint density at radius 1 is 1.14 bits per heavy atom. The van der Waals surface area contributed by atoms with Crippen LogP contribution in [0.15, 0.2) is 30.5 Å². The lowest BCUT2D eigenvalue weighted by atomic mass is 10.0. The first-order valence-corrected chi connectivity index (χ1v) is 12.4. The highest BCUT2D eigenvalue weighted by Crippen LogP contribution is 2.19. The molecule has 8 N–H and O–H groups in total. The molecule has 2 rings (SSSR count). The van der Waals surface area contributed by atoms with E-state index in [1.54, 1.807) is 13.1 Å². The maximum absolute atomic E-state index is 13.5. The predicted octanol–water partition coefficient (Wildman–Crippen LogP) is 0.241. The molecule has 2 unspecified atom stereocenters. The second-order valence-corrected chi connectivity index (χ2v) is 8.83. The SMILES string of the molecule is CCC(N)C(=O)N(C(=O)[C@H](CCCCN)NC(=O)C(N)Cc1c[nH]c2ccccc12)[C@@H](C=O)CS. The van der Waals surface area contributed by atoms with E-state index < -0.39 is 41.9 Å². The first-order valence-electron chi connectivity index (χ1n) is 11.8. The molecule has 0 bridgehead atoms. The summed E-state index contributed by atoms with van der Waals surface area (Å²) in [5, 5.41) is 3.65. The van der Waals surface area contributed by atoms with E-state index in [1.807, 2.05) is 24.3 Å². The average Bonchev–Trinajstić information content (AvgIpc) is 3.27. The number of imide groups is 1. The molecule has 35 heavy (non-hydrogen) atoms. The van der Waals surface area contributed by atoms with E-state index in [1.165, 1.54) is 0 Å². The molecule has 0 aliphatic carbocycles. The topological polar surface area (TPSA) is 177 Å². The average molecular weight is 505 g/mol. The van der Waals surface area contributed by atoms with Crippen LogP contribution in [-0.4, -0.2) is 70.4 Å². The van der Waals surface area contributed by atoms with Gasteiger partial charge in [0.05, 0.1) is 12.1 Å². The minimum Gasteiger partial charge on any atom is -0.361 e. The lowest BCUT2D eigenvalue weighted by Gasteiger charge is -2.31. The number of amides is 3. The number of nitrogens with zero attached hydrogens (tertiary/aromatic N) is 1. The summed E-state index contributed by atoms with van der Waals surface area (Å²) in [5.41, 5.74) is 19.5. The van der Waals surface area contributed by atoms with Gasteiger partial charge in [-0.25, -0.2) is 0 Å². The van der Waals surface area contributed by atoms with Crippen LogP contribution in [0.1, 0.15) is 38.2 Å². The molecule has 0 aliphatic heterocycles. The Morgan fingerprint density at radius 3 is 2.49 bits per heavy atom. The van der Waals surface area contributed by atoms with Crippen molar-refractivity contribution >= 4 is 47.5 Å². The monoisotopic (exact) mass is 504 g/mol. The first kappa shape index (κ1) is 28.5. The number of aromatic nitrogens is 1. The smallest absolute Gasteiger partial charge is 0.252 e. The third-order valence-electron chi connectivity index (χ3n) is 5.92. The lowest BCUT2D eigenvalue weighted by Crippen LogP contribution is -2.59. The van der Waals surface area contributed by atoms with Crippen molar-refractivity contribution in [1.82, 2.24) is 15.2 Å². The Labute approximate surface area is 210 Å². The van der Waals surface area contributed by atoms with Crippen LogP contribution in [0.2, 0.25) is 0 Å². The summed E-state index contributed by atoms with van der Waals surface area (Å²) in [6, 6.07) is 3.58. The number of carbonyl (C=O) groups is 4. The van der Waals surface area contributed by atoms with Gasteiger partial charge in [-0.15, -0.1) is 0 Å². The minimum atomic E-state index is -1.11. The molecule has 11 heteroatoms. The van der Waals surface area contributed by atoms with Crippen LogP contribution in [0.3, 0.4) is 0 Å². The van der Waals surface area contributed by atoms with Crippen LogP contribution < -0.4 is 22.5 Å². The molecule has 4 atom stereocenters. The number of thiol groups is 1. The molecule has 0 fully saturated rings. The summed E-state index contributed by atoms with van der Waals surface area (Å²) < 4.78 is 0. The number of nitrogens with one attached hydrogen (secondary N) is 2. The van der Waals surface area contributed by atoms with Gasteiger partial charge in [-0.2, -0.15) is 12.6 Å². The second kappa shape index (κ2) is 14.0. The molecule has 0 saturated heterocycles. The summed E-state index contributed by atoms with van der Waals surface area (Å²) in [6.07, 6.45) is 4.18. The molecule has 1 aromatic carbocycles. The van der Waals surface area contributed by atoms with Crippen LogP contribution in [-0.2, 0) is 25.6 Å². The summed E-state index contributed by atoms with van der Waals surface area (Å²) in [7, 11) is 0. The number of nitrogens with two attached hydrogens (primary N) is 3. The van der Waals surface area contributed by atoms with Crippen molar-refractivity contribution in [3.8, 4) is 0 Å². The number of unbranched alkanes of at least 4 members (excludes halogenated alkanes) is 1. The van der Waals surface area contributed by atoms with Crippen LogP contribution in [0.25, 0.3) is 10.9 Å². The van der Waals surface area contributed by atoms with Crippen molar-refractivity contribution in [3.63, 3.8) is 0 Å². The van der Waals surface area contributed by atoms with Crippen LogP contribution >= 0.6 is 12.6 Å². The Bertz CT molecular complexity index is 1010. The zero-order chi connectivity index (χ0) is 26.0. The molecule has 2 aromatic rings. The zero-order valence-electron chi connectivity index (χ0n) is 20.0. The molecular formula is C24H36N6O4S. The summed E-state index contributed by atoms with van der Waals surface area (Å²) in [4.78, 5) is 55.0. The number of carbonyl (C=O) groups excluding carboxylic acids is 4. The Kier molecular flexibility index (Phi) is 11.4. The number of hydrogen-bond donors (Lipinski definition) is 6. The fourth-order valence-corrected chi connectivity index (χ4v) is 4.05. The fourth-order valence-electron chi connectivity index (χ4n) is 3.80. The third-order valence-corrected chi connectivity index (χ3v) is 6.29. The Morgan fingerprint density at radius 2 is 1.86 bits per heavy atom. The van der Waals surface area contributed by atoms with Gasteiger partial charge in [-0.05, 0) is 50.3 Å². The second-order valence-electron chi connectivity index (χ2n) is 8.46. The number of H-pyrrole nitrogens is 1. The molecule has 1 aromatic heterocycles. The number of aromatic amines is 1. The van der Waals surface area contributed by atoms with Gasteiger partial charge in [-0.3, -0.25) is 19.3 Å². The summed E-state index contributed by atoms with van der Waals surface area (Å²) in [5.74, 6) is -2.01. The van der Waals surface area contributed by atoms with Gasteiger partial charge in [0.1, 0.15) is 18.4 Å². The van der Waals surface area contributed by atoms with E-state index in [2.05, 4.69) is 22.9 Å². The predicted molar refractivity (Wildman–Crippen MR) is 139 cm³/mol. The normalized spacial score (nSPS) is 14.7. The zero-order valence-corrected chi connectivity index (χ0v) is 20.9. The van der Waals surface area contributed by atoms with E-state index in [-0.39, 0.29) is 25.0 Å². The van der Waals surface area contributed by atoms with Gasteiger partial charge >= 0.3 is 0 Å². The van der Waals surface area contributed by atoms with Crippen molar-refractivity contribution in [3.05, 3.63) is 36.0 Å². The van der Waals surface area contributed by atoms with Crippen molar-refractivity contribution in [1.29, 1.82) is 0 Å². The van der Waals surface area contributed by atoms with Gasteiger partial charge in [-0.1, -0.05) is 25.1 Å². The first-order chi connectivity index (χ1) is 16.8. The van der Waals surface area contributed by atoms with Gasteiger partial charge < -0.3 is 32.3 Å². The third kappa shape index (κ3) is 7.38. The van der Waals surface area contributed by atoms with Crippen LogP contribution in [0, 0.1) is 0 Å². The number of rotatable bonds is 14. The maximum atomic E-state index is 13.5. The molecule has 192 valence electrons. The van der Waals surface area contributed by atoms with Crippen molar-refractivity contribution in [2.45, 2.75) is 63.2 Å². The standard InChI is InChI=1S/C24H36N6O4S/c1-2-18(26)23(33)30(16(13-31)14-35)24(34)21(9-5-6-10-25)29-22(32)19(27)11-15-12-28-20-8-4-3-7-17(15)20/h3-4,7-8,12-13,16,18-19,21,28,35H,2,5-6,9-11,14,25-27H2,1H3,(H,29,32)/t16-,18?,19?,21-/m0/s1. The molecule has 0 spiro atoms. The Balaban J connectivity index is 2.24. The highest BCUT2D eigenvalue weighted by Gasteiger charge is 2.36. The lowest BCUT2D eigenvalue weighted by molar-refractivity contribution is -0.152. The van der Waals surface area contributed by atoms with Gasteiger partial charge in [0, 0.05) is 22.9 Å². The molecule has 0 saturated carbocycles. The van der Waals surface area contributed by atoms with Gasteiger partial charge in [0.25, 0.3) is 5.91 Å². The van der Waals surface area contributed by atoms with Gasteiger partial charge in [0.2, 0.25) is 11.8 Å². The molecular weight excluding hydrogens is 468 g/mol. The maximum Gasteiger partial charge on any atom is 0.252 e. The number of fused-ring (bicyclic) bond motifs is 1. The fraction of sp³-hybridized carbons (Fsp3) is 0.500. The molecule has 0 radical (unpaired) electrons. The summed E-state index contributed by atoms with van der Waals surface area (Å²) >= 11 is 4.11. The summed E-state index contributed by atoms with van der Waals surface area (Å²) in [6.45, 7) is 2.11. The van der Waals surface area contributed by atoms with Crippen LogP contribution in [0.5, 0.6) is 0 Å². The highest BCUT2D eigenvalue weighted by molar-refractivity contribution is 7.80. The minimum absolute atomic E-state index is 0.0685.